The van der Waals surface area contributed by atoms with Gasteiger partial charge in [0, 0.05) is 17.3 Å². The summed E-state index contributed by atoms with van der Waals surface area (Å²) in [6.07, 6.45) is -0.587. The zero-order chi connectivity index (χ0) is 16.4. The van der Waals surface area contributed by atoms with Gasteiger partial charge in [-0.05, 0) is 48.9 Å². The number of hydrogen-bond acceptors (Lipinski definition) is 4. The third-order valence-electron chi connectivity index (χ3n) is 3.49. The van der Waals surface area contributed by atoms with Crippen LogP contribution in [0.15, 0.2) is 36.4 Å². The number of aliphatic hydroxyl groups is 1. The number of aryl methyl sites for hydroxylation is 1. The molecule has 0 aliphatic rings. The topological polar surface area (TPSA) is 63.0 Å². The van der Waals surface area contributed by atoms with E-state index >= 15 is 0 Å². The number of nitrogens with zero attached hydrogens (tertiary/aromatic N) is 3. The van der Waals surface area contributed by atoms with Gasteiger partial charge in [0.1, 0.15) is 11.0 Å². The minimum Gasteiger partial charge on any atom is -0.390 e. The smallest absolute Gasteiger partial charge is 0.115 e. The maximum absolute atomic E-state index is 9.56. The van der Waals surface area contributed by atoms with Gasteiger partial charge in [0.2, 0.25) is 0 Å². The number of alkyl halides is 1. The molecule has 0 radical (unpaired) electrons. The second-order valence-electron chi connectivity index (χ2n) is 5.31. The zero-order valence-electron chi connectivity index (χ0n) is 12.5. The van der Waals surface area contributed by atoms with Crippen molar-refractivity contribution in [2.75, 3.05) is 17.7 Å². The average molecular weight is 351 g/mol. The molecule has 1 atom stereocenters. The molecular weight excluding hydrogens is 335 g/mol. The van der Waals surface area contributed by atoms with Gasteiger partial charge in [-0.3, -0.25) is 0 Å². The van der Waals surface area contributed by atoms with Crippen LogP contribution in [0.3, 0.4) is 0 Å². The molecule has 0 amide bonds. The standard InChI is InChI=1S/C16H16Cl2N4O/c1-10-6-15-16(7-14(10)19-9-13(23)8-17)21-22(20-15)12-4-2-11(18)3-5-12/h2-7,13,19,23H,8-9H2,1H3. The van der Waals surface area contributed by atoms with Crippen molar-refractivity contribution in [3.05, 3.63) is 47.0 Å². The second kappa shape index (κ2) is 6.74. The predicted octanol–water partition coefficient (Wildman–Crippen LogP) is 3.39. The van der Waals surface area contributed by atoms with Crippen molar-refractivity contribution >= 4 is 39.9 Å². The molecule has 0 fully saturated rings. The van der Waals surface area contributed by atoms with Gasteiger partial charge in [-0.25, -0.2) is 0 Å². The van der Waals surface area contributed by atoms with E-state index in [1.165, 1.54) is 0 Å². The quantitative estimate of drug-likeness (QED) is 0.692. The molecule has 5 nitrogen and oxygen atoms in total. The van der Waals surface area contributed by atoms with E-state index in [1.807, 2.05) is 31.2 Å². The van der Waals surface area contributed by atoms with Gasteiger partial charge in [-0.1, -0.05) is 11.6 Å². The van der Waals surface area contributed by atoms with Crippen LogP contribution in [0.4, 0.5) is 5.69 Å². The molecule has 7 heteroatoms. The van der Waals surface area contributed by atoms with E-state index in [9.17, 15) is 5.11 Å². The third-order valence-corrected chi connectivity index (χ3v) is 4.10. The van der Waals surface area contributed by atoms with E-state index in [-0.39, 0.29) is 5.88 Å². The highest BCUT2D eigenvalue weighted by Crippen LogP contribution is 2.22. The first kappa shape index (κ1) is 16.1. The van der Waals surface area contributed by atoms with E-state index < -0.39 is 6.10 Å². The van der Waals surface area contributed by atoms with Gasteiger partial charge in [-0.2, -0.15) is 4.80 Å². The SMILES string of the molecule is Cc1cc2nn(-c3ccc(Cl)cc3)nc2cc1NCC(O)CCl. The Morgan fingerprint density at radius 1 is 1.17 bits per heavy atom. The molecule has 0 saturated carbocycles. The van der Waals surface area contributed by atoms with Crippen LogP contribution < -0.4 is 5.32 Å². The molecular formula is C16H16Cl2N4O. The lowest BCUT2D eigenvalue weighted by atomic mass is 10.1. The summed E-state index contributed by atoms with van der Waals surface area (Å²) >= 11 is 11.5. The number of aromatic nitrogens is 3. The molecule has 0 aliphatic heterocycles. The van der Waals surface area contributed by atoms with Crippen molar-refractivity contribution < 1.29 is 5.11 Å². The fraction of sp³-hybridized carbons (Fsp3) is 0.250. The molecule has 2 N–H and O–H groups in total. The molecule has 120 valence electrons. The van der Waals surface area contributed by atoms with Gasteiger partial charge in [-0.15, -0.1) is 21.8 Å². The summed E-state index contributed by atoms with van der Waals surface area (Å²) in [7, 11) is 0. The van der Waals surface area contributed by atoms with Crippen molar-refractivity contribution in [1.29, 1.82) is 0 Å². The number of benzene rings is 2. The van der Waals surface area contributed by atoms with Crippen molar-refractivity contribution in [2.45, 2.75) is 13.0 Å². The van der Waals surface area contributed by atoms with E-state index in [0.29, 0.717) is 11.6 Å². The van der Waals surface area contributed by atoms with Crippen LogP contribution in [0.25, 0.3) is 16.7 Å². The van der Waals surface area contributed by atoms with Crippen LogP contribution in [-0.4, -0.2) is 38.6 Å². The summed E-state index contributed by atoms with van der Waals surface area (Å²) < 4.78 is 0. The fourth-order valence-electron chi connectivity index (χ4n) is 2.23. The third kappa shape index (κ3) is 3.58. The maximum Gasteiger partial charge on any atom is 0.115 e. The maximum atomic E-state index is 9.56. The van der Waals surface area contributed by atoms with Crippen LogP contribution in [0.1, 0.15) is 5.56 Å². The van der Waals surface area contributed by atoms with Gasteiger partial charge in [0.25, 0.3) is 0 Å². The Hall–Kier alpha value is -1.82. The molecule has 1 unspecified atom stereocenters. The highest BCUT2D eigenvalue weighted by Gasteiger charge is 2.09. The molecule has 0 spiro atoms. The molecule has 1 heterocycles. The Morgan fingerprint density at radius 3 is 2.48 bits per heavy atom. The molecule has 2 aromatic carbocycles. The summed E-state index contributed by atoms with van der Waals surface area (Å²) in [5.41, 5.74) is 4.36. The largest absolute Gasteiger partial charge is 0.390 e. The lowest BCUT2D eigenvalue weighted by Crippen LogP contribution is -2.21. The Labute approximate surface area is 143 Å². The Bertz CT molecular complexity index is 817. The first-order valence-corrected chi connectivity index (χ1v) is 8.09. The van der Waals surface area contributed by atoms with Crippen LogP contribution >= 0.6 is 23.2 Å². The number of hydrogen-bond donors (Lipinski definition) is 2. The fourth-order valence-corrected chi connectivity index (χ4v) is 2.47. The Balaban J connectivity index is 1.92. The van der Waals surface area contributed by atoms with Gasteiger partial charge in [0.15, 0.2) is 0 Å². The van der Waals surface area contributed by atoms with E-state index in [1.54, 1.807) is 16.9 Å². The van der Waals surface area contributed by atoms with Crippen molar-refractivity contribution in [3.63, 3.8) is 0 Å². The summed E-state index contributed by atoms with van der Waals surface area (Å²) in [4.78, 5) is 1.58. The number of nitrogens with one attached hydrogen (secondary N) is 1. The second-order valence-corrected chi connectivity index (χ2v) is 6.06. The highest BCUT2D eigenvalue weighted by atomic mass is 35.5. The summed E-state index contributed by atoms with van der Waals surface area (Å²) in [5.74, 6) is 0.195. The van der Waals surface area contributed by atoms with E-state index in [4.69, 9.17) is 23.2 Å². The molecule has 3 aromatic rings. The molecule has 23 heavy (non-hydrogen) atoms. The highest BCUT2D eigenvalue weighted by molar-refractivity contribution is 6.30. The number of aliphatic hydroxyl groups excluding tert-OH is 1. The molecule has 3 rings (SSSR count). The number of rotatable bonds is 5. The number of halogens is 2. The molecule has 0 aliphatic carbocycles. The minimum atomic E-state index is -0.587. The van der Waals surface area contributed by atoms with E-state index in [2.05, 4.69) is 15.5 Å². The summed E-state index contributed by atoms with van der Waals surface area (Å²) in [6, 6.07) is 11.2. The summed E-state index contributed by atoms with van der Waals surface area (Å²) in [5, 5.41) is 22.4. The summed E-state index contributed by atoms with van der Waals surface area (Å²) in [6.45, 7) is 2.37. The Morgan fingerprint density at radius 2 is 1.83 bits per heavy atom. The van der Waals surface area contributed by atoms with Crippen LogP contribution in [0.2, 0.25) is 5.02 Å². The van der Waals surface area contributed by atoms with Gasteiger partial charge >= 0.3 is 0 Å². The Kier molecular flexibility index (Phi) is 4.71. The van der Waals surface area contributed by atoms with Crippen molar-refractivity contribution in [1.82, 2.24) is 15.0 Å². The monoisotopic (exact) mass is 350 g/mol. The van der Waals surface area contributed by atoms with Crippen molar-refractivity contribution in [2.24, 2.45) is 0 Å². The lowest BCUT2D eigenvalue weighted by Gasteiger charge is -2.11. The number of fused-ring (bicyclic) bond motifs is 1. The zero-order valence-corrected chi connectivity index (χ0v) is 14.0. The molecule has 1 aromatic heterocycles. The normalized spacial score (nSPS) is 12.5. The first-order valence-electron chi connectivity index (χ1n) is 7.18. The van der Waals surface area contributed by atoms with Crippen LogP contribution in [-0.2, 0) is 0 Å². The lowest BCUT2D eigenvalue weighted by molar-refractivity contribution is 0.211. The van der Waals surface area contributed by atoms with Crippen LogP contribution in [0.5, 0.6) is 0 Å². The van der Waals surface area contributed by atoms with Crippen LogP contribution in [0, 0.1) is 6.92 Å². The molecule has 0 bridgehead atoms. The van der Waals surface area contributed by atoms with Crippen molar-refractivity contribution in [3.8, 4) is 5.69 Å². The average Bonchev–Trinajstić information content (AvgIpc) is 2.95. The predicted molar refractivity (Wildman–Crippen MR) is 93.8 cm³/mol. The van der Waals surface area contributed by atoms with Gasteiger partial charge in [0.05, 0.1) is 17.7 Å². The molecule has 0 saturated heterocycles. The van der Waals surface area contributed by atoms with Gasteiger partial charge < -0.3 is 10.4 Å². The van der Waals surface area contributed by atoms with E-state index in [0.717, 1.165) is 28.0 Å². The first-order chi connectivity index (χ1) is 11.1. The number of anilines is 1. The minimum absolute atomic E-state index is 0.195.